The third-order valence-electron chi connectivity index (χ3n) is 4.70. The number of imidazole rings is 1. The van der Waals surface area contributed by atoms with Crippen molar-refractivity contribution in [2.75, 3.05) is 13.6 Å². The van der Waals surface area contributed by atoms with Gasteiger partial charge in [-0.2, -0.15) is 18.4 Å². The van der Waals surface area contributed by atoms with E-state index in [9.17, 15) is 26.7 Å². The average molecular weight is 436 g/mol. The highest BCUT2D eigenvalue weighted by molar-refractivity contribution is 5.96. The van der Waals surface area contributed by atoms with Gasteiger partial charge < -0.3 is 9.47 Å². The summed E-state index contributed by atoms with van der Waals surface area (Å²) in [7, 11) is 1.56. The summed E-state index contributed by atoms with van der Waals surface area (Å²) in [5.74, 6) is -1.69. The van der Waals surface area contributed by atoms with Crippen molar-refractivity contribution < 1.29 is 26.7 Å². The van der Waals surface area contributed by atoms with Gasteiger partial charge in [-0.1, -0.05) is 24.3 Å². The van der Waals surface area contributed by atoms with E-state index < -0.39 is 25.0 Å². The molecule has 1 amide bonds. The molecule has 0 saturated carbocycles. The average Bonchev–Trinajstić information content (AvgIpc) is 3.10. The zero-order valence-corrected chi connectivity index (χ0v) is 16.3. The summed E-state index contributed by atoms with van der Waals surface area (Å²) < 4.78 is 66.5. The SMILES string of the molecule is CN(CCC#N)C(=O)c1ccc(-c2cccc3c2nc(C(F)(F)F)n3CC(F)F)cc1. The predicted octanol–water partition coefficient (Wildman–Crippen LogP) is 4.97. The topological polar surface area (TPSA) is 61.9 Å². The Kier molecular flexibility index (Phi) is 6.24. The van der Waals surface area contributed by atoms with Crippen LogP contribution in [-0.2, 0) is 12.7 Å². The molecule has 0 aliphatic rings. The fraction of sp³-hybridized carbons (Fsp3) is 0.286. The third-order valence-corrected chi connectivity index (χ3v) is 4.70. The molecule has 0 radical (unpaired) electrons. The lowest BCUT2D eigenvalue weighted by Gasteiger charge is -2.15. The molecule has 0 unspecified atom stereocenters. The van der Waals surface area contributed by atoms with Crippen molar-refractivity contribution in [3.8, 4) is 17.2 Å². The predicted molar refractivity (Wildman–Crippen MR) is 103 cm³/mol. The molecule has 31 heavy (non-hydrogen) atoms. The number of halogens is 5. The van der Waals surface area contributed by atoms with E-state index in [4.69, 9.17) is 5.26 Å². The Bertz CT molecular complexity index is 1130. The lowest BCUT2D eigenvalue weighted by Crippen LogP contribution is -2.27. The Labute approximate surface area is 174 Å². The number of nitriles is 1. The highest BCUT2D eigenvalue weighted by Crippen LogP contribution is 2.35. The van der Waals surface area contributed by atoms with Gasteiger partial charge in [0.25, 0.3) is 12.3 Å². The van der Waals surface area contributed by atoms with Crippen LogP contribution in [0, 0.1) is 11.3 Å². The molecular weight excluding hydrogens is 419 g/mol. The van der Waals surface area contributed by atoms with Crippen LogP contribution in [0.3, 0.4) is 0 Å². The Morgan fingerprint density at radius 3 is 2.45 bits per heavy atom. The number of carbonyl (C=O) groups is 1. The second-order valence-electron chi connectivity index (χ2n) is 6.82. The van der Waals surface area contributed by atoms with Crippen LogP contribution in [0.5, 0.6) is 0 Å². The van der Waals surface area contributed by atoms with Gasteiger partial charge in [0.2, 0.25) is 5.82 Å². The monoisotopic (exact) mass is 436 g/mol. The van der Waals surface area contributed by atoms with Gasteiger partial charge in [-0.05, 0) is 23.8 Å². The number of fused-ring (bicyclic) bond motifs is 1. The van der Waals surface area contributed by atoms with E-state index in [-0.39, 0.29) is 29.9 Å². The van der Waals surface area contributed by atoms with Crippen molar-refractivity contribution in [3.05, 3.63) is 53.9 Å². The van der Waals surface area contributed by atoms with Gasteiger partial charge >= 0.3 is 6.18 Å². The third kappa shape index (κ3) is 4.66. The standard InChI is InChI=1S/C21H17F5N4O/c1-29(11-3-10-27)19(31)14-8-6-13(7-9-14)15-4-2-5-16-18(15)28-20(21(24,25)26)30(16)12-17(22)23/h2,4-9,17H,3,11-12H2,1H3. The summed E-state index contributed by atoms with van der Waals surface area (Å²) >= 11 is 0. The van der Waals surface area contributed by atoms with Crippen molar-refractivity contribution in [1.82, 2.24) is 14.5 Å². The van der Waals surface area contributed by atoms with Gasteiger partial charge in [0.05, 0.1) is 30.1 Å². The lowest BCUT2D eigenvalue weighted by atomic mass is 10.0. The van der Waals surface area contributed by atoms with Gasteiger partial charge in [0, 0.05) is 24.7 Å². The van der Waals surface area contributed by atoms with Crippen LogP contribution in [0.2, 0.25) is 0 Å². The minimum absolute atomic E-state index is 0.0542. The molecule has 3 rings (SSSR count). The number of hydrogen-bond acceptors (Lipinski definition) is 3. The fourth-order valence-corrected chi connectivity index (χ4v) is 3.25. The first kappa shape index (κ1) is 22.2. The van der Waals surface area contributed by atoms with Crippen molar-refractivity contribution in [3.63, 3.8) is 0 Å². The smallest absolute Gasteiger partial charge is 0.341 e. The van der Waals surface area contributed by atoms with E-state index in [0.29, 0.717) is 21.3 Å². The van der Waals surface area contributed by atoms with Crippen molar-refractivity contribution in [2.24, 2.45) is 0 Å². The second-order valence-corrected chi connectivity index (χ2v) is 6.82. The molecule has 1 heterocycles. The summed E-state index contributed by atoms with van der Waals surface area (Å²) in [6, 6.07) is 12.4. The Balaban J connectivity index is 2.03. The first-order valence-electron chi connectivity index (χ1n) is 9.21. The first-order valence-corrected chi connectivity index (χ1v) is 9.21. The van der Waals surface area contributed by atoms with Gasteiger partial charge in [0.1, 0.15) is 0 Å². The van der Waals surface area contributed by atoms with Crippen LogP contribution in [0.25, 0.3) is 22.2 Å². The zero-order chi connectivity index (χ0) is 22.8. The van der Waals surface area contributed by atoms with Gasteiger partial charge in [-0.25, -0.2) is 13.8 Å². The first-order chi connectivity index (χ1) is 14.6. The Morgan fingerprint density at radius 2 is 1.87 bits per heavy atom. The minimum Gasteiger partial charge on any atom is -0.341 e. The summed E-state index contributed by atoms with van der Waals surface area (Å²) in [5.41, 5.74) is 1.04. The largest absolute Gasteiger partial charge is 0.449 e. The maximum Gasteiger partial charge on any atom is 0.449 e. The number of benzene rings is 2. The molecule has 0 atom stereocenters. The van der Waals surface area contributed by atoms with Crippen LogP contribution >= 0.6 is 0 Å². The number of rotatable bonds is 6. The summed E-state index contributed by atoms with van der Waals surface area (Å²) in [4.78, 5) is 17.4. The molecule has 10 heteroatoms. The molecule has 5 nitrogen and oxygen atoms in total. The molecule has 0 N–H and O–H groups in total. The van der Waals surface area contributed by atoms with Crippen LogP contribution < -0.4 is 0 Å². The molecule has 1 aromatic heterocycles. The lowest BCUT2D eigenvalue weighted by molar-refractivity contribution is -0.147. The highest BCUT2D eigenvalue weighted by Gasteiger charge is 2.38. The maximum absolute atomic E-state index is 13.4. The molecular formula is C21H17F5N4O. The van der Waals surface area contributed by atoms with Crippen LogP contribution in [0.15, 0.2) is 42.5 Å². The molecule has 2 aromatic carbocycles. The summed E-state index contributed by atoms with van der Waals surface area (Å²) in [5, 5.41) is 8.63. The summed E-state index contributed by atoms with van der Waals surface area (Å²) in [6.45, 7) is -0.866. The van der Waals surface area contributed by atoms with Crippen LogP contribution in [0.1, 0.15) is 22.6 Å². The van der Waals surface area contributed by atoms with Crippen LogP contribution in [0.4, 0.5) is 22.0 Å². The fourth-order valence-electron chi connectivity index (χ4n) is 3.25. The summed E-state index contributed by atoms with van der Waals surface area (Å²) in [6.07, 6.45) is -7.69. The molecule has 0 bridgehead atoms. The van der Waals surface area contributed by atoms with Crippen molar-refractivity contribution in [1.29, 1.82) is 5.26 Å². The van der Waals surface area contributed by atoms with E-state index in [0.717, 1.165) is 0 Å². The van der Waals surface area contributed by atoms with E-state index in [1.807, 2.05) is 6.07 Å². The van der Waals surface area contributed by atoms with Crippen molar-refractivity contribution >= 4 is 16.9 Å². The van der Waals surface area contributed by atoms with Gasteiger partial charge in [0.15, 0.2) is 0 Å². The van der Waals surface area contributed by atoms with Crippen LogP contribution in [-0.4, -0.2) is 40.4 Å². The molecule has 162 valence electrons. The molecule has 0 aliphatic heterocycles. The molecule has 3 aromatic rings. The number of amides is 1. The number of para-hydroxylation sites is 1. The van der Waals surface area contributed by atoms with Crippen molar-refractivity contribution in [2.45, 2.75) is 25.6 Å². The molecule has 0 fully saturated rings. The number of nitrogens with zero attached hydrogens (tertiary/aromatic N) is 4. The second kappa shape index (κ2) is 8.71. The number of hydrogen-bond donors (Lipinski definition) is 0. The maximum atomic E-state index is 13.4. The van der Waals surface area contributed by atoms with E-state index in [1.165, 1.54) is 35.2 Å². The van der Waals surface area contributed by atoms with E-state index in [2.05, 4.69) is 4.98 Å². The van der Waals surface area contributed by atoms with E-state index >= 15 is 0 Å². The molecule has 0 spiro atoms. The molecule has 0 aliphatic carbocycles. The molecule has 0 saturated heterocycles. The quantitative estimate of drug-likeness (QED) is 0.513. The number of aromatic nitrogens is 2. The van der Waals surface area contributed by atoms with Gasteiger partial charge in [-0.3, -0.25) is 4.79 Å². The van der Waals surface area contributed by atoms with Gasteiger partial charge in [-0.15, -0.1) is 0 Å². The zero-order valence-electron chi connectivity index (χ0n) is 16.3. The van der Waals surface area contributed by atoms with E-state index in [1.54, 1.807) is 19.2 Å². The Hall–Kier alpha value is -3.48. The number of alkyl halides is 5. The highest BCUT2D eigenvalue weighted by atomic mass is 19.4. The normalized spacial score (nSPS) is 11.7. The number of carbonyl (C=O) groups excluding carboxylic acids is 1. The Morgan fingerprint density at radius 1 is 1.19 bits per heavy atom. The minimum atomic E-state index is -4.89.